The van der Waals surface area contributed by atoms with Crippen LogP contribution in [0.2, 0.25) is 0 Å². The van der Waals surface area contributed by atoms with Gasteiger partial charge in [-0.1, -0.05) is 41.9 Å². The van der Waals surface area contributed by atoms with Crippen LogP contribution < -0.4 is 0 Å². The summed E-state index contributed by atoms with van der Waals surface area (Å²) in [5.41, 5.74) is 3.69. The minimum absolute atomic E-state index is 0.547. The molecule has 2 saturated heterocycles. The summed E-state index contributed by atoms with van der Waals surface area (Å²) in [7, 11) is 0. The lowest BCUT2D eigenvalue weighted by Gasteiger charge is -2.35. The normalized spacial score (nSPS) is 32.9. The third kappa shape index (κ3) is 2.39. The Labute approximate surface area is 114 Å². The summed E-state index contributed by atoms with van der Waals surface area (Å²) in [6.07, 6.45) is 3.10. The lowest BCUT2D eigenvalue weighted by molar-refractivity contribution is 0.161. The maximum absolute atomic E-state index is 9.02. The standard InChI is InChI=1S/C16H22N2O/c1-11-3-5-13(6-4-11)10-18-15-7-12(2)16(18)9-14(8-15)17-19/h3-6,12,15-16,19H,7-10H2,1-2H3. The lowest BCUT2D eigenvalue weighted by Crippen LogP contribution is -2.43. The van der Waals surface area contributed by atoms with Crippen LogP contribution in [-0.4, -0.2) is 27.9 Å². The molecule has 19 heavy (non-hydrogen) atoms. The lowest BCUT2D eigenvalue weighted by atomic mass is 9.97. The first-order valence-corrected chi connectivity index (χ1v) is 7.18. The van der Waals surface area contributed by atoms with Crippen LogP contribution in [0.4, 0.5) is 0 Å². The number of nitrogens with zero attached hydrogens (tertiary/aromatic N) is 2. The quantitative estimate of drug-likeness (QED) is 0.653. The molecule has 0 radical (unpaired) electrons. The molecule has 2 fully saturated rings. The number of fused-ring (bicyclic) bond motifs is 2. The molecule has 2 bridgehead atoms. The minimum Gasteiger partial charge on any atom is -0.411 e. The molecule has 2 aliphatic rings. The Morgan fingerprint density at radius 3 is 2.63 bits per heavy atom. The Kier molecular flexibility index (Phi) is 3.31. The van der Waals surface area contributed by atoms with Gasteiger partial charge >= 0.3 is 0 Å². The minimum atomic E-state index is 0.547. The second-order valence-corrected chi connectivity index (χ2v) is 6.17. The van der Waals surface area contributed by atoms with Crippen molar-refractivity contribution in [2.24, 2.45) is 11.1 Å². The summed E-state index contributed by atoms with van der Waals surface area (Å²) in [4.78, 5) is 2.62. The molecule has 3 atom stereocenters. The average molecular weight is 258 g/mol. The molecule has 1 aromatic rings. The first kappa shape index (κ1) is 12.7. The van der Waals surface area contributed by atoms with Crippen molar-refractivity contribution >= 4 is 5.71 Å². The molecule has 1 aromatic carbocycles. The molecule has 2 aliphatic heterocycles. The van der Waals surface area contributed by atoms with E-state index < -0.39 is 0 Å². The van der Waals surface area contributed by atoms with Crippen molar-refractivity contribution in [3.05, 3.63) is 35.4 Å². The van der Waals surface area contributed by atoms with Crippen LogP contribution in [0.5, 0.6) is 0 Å². The zero-order valence-electron chi connectivity index (χ0n) is 11.7. The van der Waals surface area contributed by atoms with Crippen molar-refractivity contribution < 1.29 is 5.21 Å². The van der Waals surface area contributed by atoms with Crippen molar-refractivity contribution in [1.82, 2.24) is 4.90 Å². The molecule has 0 aromatic heterocycles. The van der Waals surface area contributed by atoms with Gasteiger partial charge in [-0.3, -0.25) is 4.90 Å². The number of hydrogen-bond donors (Lipinski definition) is 1. The van der Waals surface area contributed by atoms with E-state index in [9.17, 15) is 0 Å². The number of hydrogen-bond acceptors (Lipinski definition) is 3. The van der Waals surface area contributed by atoms with E-state index in [0.29, 0.717) is 18.0 Å². The summed E-state index contributed by atoms with van der Waals surface area (Å²) in [5, 5.41) is 12.5. The van der Waals surface area contributed by atoms with Crippen LogP contribution in [0.1, 0.15) is 37.3 Å². The van der Waals surface area contributed by atoms with Gasteiger partial charge in [0.25, 0.3) is 0 Å². The highest BCUT2D eigenvalue weighted by molar-refractivity contribution is 5.86. The first-order chi connectivity index (χ1) is 9.17. The third-order valence-electron chi connectivity index (χ3n) is 4.74. The fraction of sp³-hybridized carbons (Fsp3) is 0.562. The molecular weight excluding hydrogens is 236 g/mol. The van der Waals surface area contributed by atoms with E-state index in [-0.39, 0.29) is 0 Å². The number of aryl methyl sites for hydroxylation is 1. The molecule has 1 N–H and O–H groups in total. The number of rotatable bonds is 2. The van der Waals surface area contributed by atoms with Crippen molar-refractivity contribution in [3.8, 4) is 0 Å². The maximum atomic E-state index is 9.02. The van der Waals surface area contributed by atoms with Crippen molar-refractivity contribution in [2.45, 2.75) is 51.7 Å². The highest BCUT2D eigenvalue weighted by atomic mass is 16.4. The molecule has 102 valence electrons. The van der Waals surface area contributed by atoms with Crippen molar-refractivity contribution in [2.75, 3.05) is 0 Å². The molecular formula is C16H22N2O. The Morgan fingerprint density at radius 2 is 2.00 bits per heavy atom. The molecule has 3 rings (SSSR count). The summed E-state index contributed by atoms with van der Waals surface area (Å²) in [6, 6.07) is 9.94. The molecule has 0 aliphatic carbocycles. The van der Waals surface area contributed by atoms with E-state index in [1.54, 1.807) is 0 Å². The summed E-state index contributed by atoms with van der Waals surface area (Å²) in [6.45, 7) is 5.48. The van der Waals surface area contributed by atoms with Gasteiger partial charge in [0.2, 0.25) is 0 Å². The second-order valence-electron chi connectivity index (χ2n) is 6.17. The molecule has 3 nitrogen and oxygen atoms in total. The van der Waals surface area contributed by atoms with E-state index >= 15 is 0 Å². The van der Waals surface area contributed by atoms with Crippen LogP contribution in [0, 0.1) is 12.8 Å². The zero-order chi connectivity index (χ0) is 13.4. The monoisotopic (exact) mass is 258 g/mol. The smallest absolute Gasteiger partial charge is 0.0602 e. The summed E-state index contributed by atoms with van der Waals surface area (Å²) >= 11 is 0. The first-order valence-electron chi connectivity index (χ1n) is 7.18. The SMILES string of the molecule is Cc1ccc(CN2C3CC(=NO)CC2C(C)C3)cc1. The summed E-state index contributed by atoms with van der Waals surface area (Å²) in [5.74, 6) is 0.703. The van der Waals surface area contributed by atoms with E-state index in [2.05, 4.69) is 48.2 Å². The van der Waals surface area contributed by atoms with E-state index in [4.69, 9.17) is 5.21 Å². The van der Waals surface area contributed by atoms with Crippen molar-refractivity contribution in [3.63, 3.8) is 0 Å². The van der Waals surface area contributed by atoms with E-state index in [1.165, 1.54) is 17.5 Å². The van der Waals surface area contributed by atoms with Gasteiger partial charge in [0.05, 0.1) is 5.71 Å². The predicted octanol–water partition coefficient (Wildman–Crippen LogP) is 3.20. The van der Waals surface area contributed by atoms with Gasteiger partial charge in [0.1, 0.15) is 0 Å². The largest absolute Gasteiger partial charge is 0.411 e. The van der Waals surface area contributed by atoms with Gasteiger partial charge in [-0.05, 0) is 24.8 Å². The van der Waals surface area contributed by atoms with Gasteiger partial charge in [0, 0.05) is 31.5 Å². The van der Waals surface area contributed by atoms with Gasteiger partial charge in [-0.2, -0.15) is 0 Å². The van der Waals surface area contributed by atoms with Gasteiger partial charge in [-0.15, -0.1) is 0 Å². The van der Waals surface area contributed by atoms with E-state index in [0.717, 1.165) is 25.1 Å². The molecule has 0 saturated carbocycles. The second kappa shape index (κ2) is 4.97. The van der Waals surface area contributed by atoms with Crippen LogP contribution in [0.3, 0.4) is 0 Å². The van der Waals surface area contributed by atoms with Crippen LogP contribution >= 0.6 is 0 Å². The highest BCUT2D eigenvalue weighted by Gasteiger charge is 2.43. The number of piperidine rings is 1. The highest BCUT2D eigenvalue weighted by Crippen LogP contribution is 2.39. The topological polar surface area (TPSA) is 35.8 Å². The van der Waals surface area contributed by atoms with Gasteiger partial charge < -0.3 is 5.21 Å². The fourth-order valence-corrected chi connectivity index (χ4v) is 3.67. The Balaban J connectivity index is 1.77. The average Bonchev–Trinajstić information content (AvgIpc) is 2.59. The Morgan fingerprint density at radius 1 is 1.26 bits per heavy atom. The molecule has 3 unspecified atom stereocenters. The Bertz CT molecular complexity index is 480. The summed E-state index contributed by atoms with van der Waals surface area (Å²) < 4.78 is 0. The van der Waals surface area contributed by atoms with Crippen molar-refractivity contribution in [1.29, 1.82) is 0 Å². The molecule has 0 amide bonds. The van der Waals surface area contributed by atoms with E-state index in [1.807, 2.05) is 0 Å². The van der Waals surface area contributed by atoms with Gasteiger partial charge in [0.15, 0.2) is 0 Å². The number of oxime groups is 1. The maximum Gasteiger partial charge on any atom is 0.0602 e. The van der Waals surface area contributed by atoms with Gasteiger partial charge in [-0.25, -0.2) is 0 Å². The number of benzene rings is 1. The molecule has 2 heterocycles. The fourth-order valence-electron chi connectivity index (χ4n) is 3.67. The molecule has 0 spiro atoms. The van der Waals surface area contributed by atoms with Crippen LogP contribution in [-0.2, 0) is 6.54 Å². The zero-order valence-corrected chi connectivity index (χ0v) is 11.7. The van der Waals surface area contributed by atoms with Crippen LogP contribution in [0.25, 0.3) is 0 Å². The molecule has 3 heteroatoms. The third-order valence-corrected chi connectivity index (χ3v) is 4.74. The predicted molar refractivity (Wildman–Crippen MR) is 76.5 cm³/mol. The Hall–Kier alpha value is -1.35. The van der Waals surface area contributed by atoms with Crippen LogP contribution in [0.15, 0.2) is 29.4 Å².